The highest BCUT2D eigenvalue weighted by molar-refractivity contribution is 6.31. The number of aromatic nitrogens is 2. The summed E-state index contributed by atoms with van der Waals surface area (Å²) in [4.78, 5) is 43.5. The van der Waals surface area contributed by atoms with Gasteiger partial charge in [0.15, 0.2) is 0 Å². The average Bonchev–Trinajstić information content (AvgIpc) is 2.56. The van der Waals surface area contributed by atoms with Gasteiger partial charge in [-0.1, -0.05) is 29.8 Å². The summed E-state index contributed by atoms with van der Waals surface area (Å²) in [5.74, 6) is 0.490. The summed E-state index contributed by atoms with van der Waals surface area (Å²) in [7, 11) is 0. The number of carbonyl (C=O) groups excluding carboxylic acids is 1. The van der Waals surface area contributed by atoms with E-state index < -0.39 is 11.2 Å². The van der Waals surface area contributed by atoms with Crippen LogP contribution in [0.1, 0.15) is 5.56 Å². The summed E-state index contributed by atoms with van der Waals surface area (Å²) in [6.45, 7) is 2.15. The zero-order valence-electron chi connectivity index (χ0n) is 12.9. The first kappa shape index (κ1) is 16.3. The van der Waals surface area contributed by atoms with Gasteiger partial charge in [0.05, 0.1) is 6.42 Å². The van der Waals surface area contributed by atoms with Crippen molar-refractivity contribution in [3.8, 4) is 0 Å². The van der Waals surface area contributed by atoms with Crippen LogP contribution in [0.5, 0.6) is 0 Å². The number of anilines is 1. The first-order valence-corrected chi connectivity index (χ1v) is 8.00. The van der Waals surface area contributed by atoms with Gasteiger partial charge in [-0.3, -0.25) is 19.6 Å². The lowest BCUT2D eigenvalue weighted by Crippen LogP contribution is -2.50. The number of H-pyrrole nitrogens is 2. The molecule has 3 rings (SSSR count). The van der Waals surface area contributed by atoms with Crippen LogP contribution >= 0.6 is 11.6 Å². The van der Waals surface area contributed by atoms with Crippen molar-refractivity contribution < 1.29 is 4.79 Å². The van der Waals surface area contributed by atoms with Crippen LogP contribution in [0, 0.1) is 0 Å². The quantitative estimate of drug-likeness (QED) is 0.850. The zero-order chi connectivity index (χ0) is 17.1. The van der Waals surface area contributed by atoms with Crippen LogP contribution in [-0.2, 0) is 11.2 Å². The van der Waals surface area contributed by atoms with Crippen LogP contribution in [0.4, 0.5) is 5.82 Å². The molecule has 1 aliphatic heterocycles. The van der Waals surface area contributed by atoms with Gasteiger partial charge in [-0.2, -0.15) is 0 Å². The number of aromatic amines is 2. The molecule has 1 aromatic carbocycles. The fourth-order valence-corrected chi connectivity index (χ4v) is 2.94. The molecule has 0 aliphatic carbocycles. The van der Waals surface area contributed by atoms with Crippen molar-refractivity contribution in [3.63, 3.8) is 0 Å². The van der Waals surface area contributed by atoms with Crippen molar-refractivity contribution in [1.82, 2.24) is 14.9 Å². The molecule has 1 aliphatic rings. The van der Waals surface area contributed by atoms with Crippen molar-refractivity contribution in [2.24, 2.45) is 0 Å². The van der Waals surface area contributed by atoms with E-state index in [0.717, 1.165) is 5.56 Å². The van der Waals surface area contributed by atoms with Gasteiger partial charge in [0.25, 0.3) is 5.56 Å². The van der Waals surface area contributed by atoms with Crippen molar-refractivity contribution in [3.05, 3.63) is 61.8 Å². The lowest BCUT2D eigenvalue weighted by molar-refractivity contribution is -0.130. The molecule has 0 radical (unpaired) electrons. The van der Waals surface area contributed by atoms with Crippen molar-refractivity contribution in [2.75, 3.05) is 31.1 Å². The Morgan fingerprint density at radius 3 is 2.46 bits per heavy atom. The van der Waals surface area contributed by atoms with Crippen molar-refractivity contribution in [1.29, 1.82) is 0 Å². The van der Waals surface area contributed by atoms with Crippen LogP contribution < -0.4 is 16.1 Å². The third kappa shape index (κ3) is 3.68. The van der Waals surface area contributed by atoms with Crippen LogP contribution in [0.25, 0.3) is 0 Å². The van der Waals surface area contributed by atoms with Gasteiger partial charge in [0.2, 0.25) is 5.91 Å². The lowest BCUT2D eigenvalue weighted by atomic mass is 10.1. The molecule has 7 nitrogen and oxygen atoms in total. The largest absolute Gasteiger partial charge is 0.354 e. The molecular weight excluding hydrogens is 332 g/mol. The maximum atomic E-state index is 12.4. The van der Waals surface area contributed by atoms with E-state index in [1.165, 1.54) is 6.07 Å². The maximum absolute atomic E-state index is 12.4. The summed E-state index contributed by atoms with van der Waals surface area (Å²) >= 11 is 6.09. The highest BCUT2D eigenvalue weighted by Crippen LogP contribution is 2.17. The minimum Gasteiger partial charge on any atom is -0.354 e. The Bertz CT molecular complexity index is 824. The molecule has 2 heterocycles. The minimum absolute atomic E-state index is 0.0159. The Morgan fingerprint density at radius 1 is 1.08 bits per heavy atom. The standard InChI is InChI=1S/C16H17ClN4O3/c17-12-4-2-1-3-11(12)9-15(23)21-7-5-20(6-8-21)13-10-14(22)19-16(24)18-13/h1-4,10H,5-9H2,(H2,18,19,22,24). The molecule has 0 unspecified atom stereocenters. The molecule has 2 aromatic rings. The fraction of sp³-hybridized carbons (Fsp3) is 0.312. The molecule has 2 N–H and O–H groups in total. The third-order valence-electron chi connectivity index (χ3n) is 4.02. The van der Waals surface area contributed by atoms with E-state index in [1.54, 1.807) is 11.0 Å². The van der Waals surface area contributed by atoms with Gasteiger partial charge in [0.1, 0.15) is 5.82 Å². The second kappa shape index (κ2) is 6.92. The number of carbonyl (C=O) groups is 1. The van der Waals surface area contributed by atoms with E-state index >= 15 is 0 Å². The highest BCUT2D eigenvalue weighted by Gasteiger charge is 2.22. The molecule has 1 amide bonds. The summed E-state index contributed by atoms with van der Waals surface area (Å²) < 4.78 is 0. The summed E-state index contributed by atoms with van der Waals surface area (Å²) in [5, 5.41) is 0.588. The minimum atomic E-state index is -0.533. The Balaban J connectivity index is 1.62. The van der Waals surface area contributed by atoms with Crippen molar-refractivity contribution >= 4 is 23.3 Å². The number of hydrogen-bond donors (Lipinski definition) is 2. The van der Waals surface area contributed by atoms with E-state index in [0.29, 0.717) is 37.0 Å². The fourth-order valence-electron chi connectivity index (χ4n) is 2.74. The maximum Gasteiger partial charge on any atom is 0.327 e. The number of nitrogens with zero attached hydrogens (tertiary/aromatic N) is 2. The number of rotatable bonds is 3. The Kier molecular flexibility index (Phi) is 4.71. The number of piperazine rings is 1. The number of benzene rings is 1. The molecule has 1 saturated heterocycles. The van der Waals surface area contributed by atoms with Crippen LogP contribution in [-0.4, -0.2) is 47.0 Å². The van der Waals surface area contributed by atoms with Crippen LogP contribution in [0.3, 0.4) is 0 Å². The number of hydrogen-bond acceptors (Lipinski definition) is 4. The average molecular weight is 349 g/mol. The normalized spacial score (nSPS) is 14.7. The molecule has 0 saturated carbocycles. The highest BCUT2D eigenvalue weighted by atomic mass is 35.5. The predicted molar refractivity (Wildman–Crippen MR) is 91.6 cm³/mol. The van der Waals surface area contributed by atoms with Gasteiger partial charge in [-0.05, 0) is 11.6 Å². The summed E-state index contributed by atoms with van der Waals surface area (Å²) in [6.07, 6.45) is 0.265. The Morgan fingerprint density at radius 2 is 1.79 bits per heavy atom. The monoisotopic (exact) mass is 348 g/mol. The predicted octanol–water partition coefficient (Wildman–Crippen LogP) is 0.608. The number of nitrogens with one attached hydrogen (secondary N) is 2. The van der Waals surface area contributed by atoms with Gasteiger partial charge >= 0.3 is 5.69 Å². The topological polar surface area (TPSA) is 89.3 Å². The Hall–Kier alpha value is -2.54. The molecule has 1 fully saturated rings. The molecule has 0 atom stereocenters. The SMILES string of the molecule is O=C(Cc1ccccc1Cl)N1CCN(c2cc(=O)[nH]c(=O)[nH]2)CC1. The van der Waals surface area contributed by atoms with E-state index in [-0.39, 0.29) is 12.3 Å². The van der Waals surface area contributed by atoms with E-state index in [2.05, 4.69) is 9.97 Å². The molecule has 1 aromatic heterocycles. The number of halogens is 1. The Labute approximate surface area is 142 Å². The van der Waals surface area contributed by atoms with Crippen molar-refractivity contribution in [2.45, 2.75) is 6.42 Å². The molecular formula is C16H17ClN4O3. The molecule has 126 valence electrons. The third-order valence-corrected chi connectivity index (χ3v) is 4.39. The van der Waals surface area contributed by atoms with E-state index in [9.17, 15) is 14.4 Å². The van der Waals surface area contributed by atoms with Gasteiger partial charge in [-0.15, -0.1) is 0 Å². The number of amides is 1. The first-order valence-electron chi connectivity index (χ1n) is 7.63. The lowest BCUT2D eigenvalue weighted by Gasteiger charge is -2.35. The second-order valence-corrected chi connectivity index (χ2v) is 6.02. The van der Waals surface area contributed by atoms with Gasteiger partial charge < -0.3 is 9.80 Å². The molecule has 0 spiro atoms. The second-order valence-electron chi connectivity index (χ2n) is 5.61. The first-order chi connectivity index (χ1) is 11.5. The summed E-state index contributed by atoms with van der Waals surface area (Å²) in [5.41, 5.74) is -0.161. The van der Waals surface area contributed by atoms with Gasteiger partial charge in [-0.25, -0.2) is 4.79 Å². The van der Waals surface area contributed by atoms with Gasteiger partial charge in [0, 0.05) is 37.3 Å². The van der Waals surface area contributed by atoms with E-state index in [4.69, 9.17) is 11.6 Å². The molecule has 0 bridgehead atoms. The van der Waals surface area contributed by atoms with Crippen LogP contribution in [0.2, 0.25) is 5.02 Å². The molecule has 8 heteroatoms. The van der Waals surface area contributed by atoms with E-state index in [1.807, 2.05) is 23.1 Å². The van der Waals surface area contributed by atoms with Crippen LogP contribution in [0.15, 0.2) is 39.9 Å². The zero-order valence-corrected chi connectivity index (χ0v) is 13.7. The smallest absolute Gasteiger partial charge is 0.327 e. The summed E-state index contributed by atoms with van der Waals surface area (Å²) in [6, 6.07) is 8.65. The molecule has 24 heavy (non-hydrogen) atoms.